The topological polar surface area (TPSA) is 33.7 Å². The van der Waals surface area contributed by atoms with Crippen LogP contribution in [0.4, 0.5) is 11.4 Å². The van der Waals surface area contributed by atoms with Crippen molar-refractivity contribution < 1.29 is 9.47 Å². The highest BCUT2D eigenvalue weighted by molar-refractivity contribution is 5.70. The van der Waals surface area contributed by atoms with Crippen molar-refractivity contribution in [3.8, 4) is 0 Å². The van der Waals surface area contributed by atoms with Gasteiger partial charge in [-0.15, -0.1) is 0 Å². The first-order valence-corrected chi connectivity index (χ1v) is 6.96. The van der Waals surface area contributed by atoms with Gasteiger partial charge in [0.25, 0.3) is 0 Å². The molecule has 0 amide bonds. The molecule has 0 radical (unpaired) electrons. The second kappa shape index (κ2) is 7.36. The molecule has 1 N–H and O–H groups in total. The lowest BCUT2D eigenvalue weighted by atomic mass is 10.1. The molecule has 1 atom stereocenters. The van der Waals surface area contributed by atoms with Gasteiger partial charge in [0.05, 0.1) is 31.2 Å². The van der Waals surface area contributed by atoms with Crippen LogP contribution in [0.3, 0.4) is 0 Å². The minimum absolute atomic E-state index is 0.503. The van der Waals surface area contributed by atoms with Crippen LogP contribution < -0.4 is 10.2 Å². The molecule has 4 heteroatoms. The number of morpholine rings is 1. The molecule has 0 aliphatic carbocycles. The smallest absolute Gasteiger partial charge is 0.0642 e. The Hall–Kier alpha value is -1.26. The average Bonchev–Trinajstić information content (AvgIpc) is 2.47. The van der Waals surface area contributed by atoms with Crippen molar-refractivity contribution >= 4 is 11.4 Å². The number of nitrogens with one attached hydrogen (secondary N) is 1. The molecule has 4 nitrogen and oxygen atoms in total. The minimum Gasteiger partial charge on any atom is -0.384 e. The monoisotopic (exact) mass is 264 g/mol. The summed E-state index contributed by atoms with van der Waals surface area (Å²) in [6, 6.07) is 8.49. The zero-order chi connectivity index (χ0) is 13.5. The van der Waals surface area contributed by atoms with E-state index in [4.69, 9.17) is 9.47 Å². The number of nitrogens with zero attached hydrogens (tertiary/aromatic N) is 1. The number of benzene rings is 1. The van der Waals surface area contributed by atoms with E-state index in [0.717, 1.165) is 39.5 Å². The molecule has 1 unspecified atom stereocenters. The van der Waals surface area contributed by atoms with Crippen molar-refractivity contribution in [2.45, 2.75) is 6.92 Å². The normalized spacial score (nSPS) is 17.3. The molecule has 1 aromatic rings. The van der Waals surface area contributed by atoms with Gasteiger partial charge in [-0.05, 0) is 18.1 Å². The largest absolute Gasteiger partial charge is 0.384 e. The predicted molar refractivity (Wildman–Crippen MR) is 79.0 cm³/mol. The van der Waals surface area contributed by atoms with Crippen LogP contribution in [0.25, 0.3) is 0 Å². The molecule has 19 heavy (non-hydrogen) atoms. The van der Waals surface area contributed by atoms with Gasteiger partial charge in [0, 0.05) is 26.7 Å². The van der Waals surface area contributed by atoms with E-state index in [1.165, 1.54) is 11.4 Å². The maximum Gasteiger partial charge on any atom is 0.0642 e. The second-order valence-corrected chi connectivity index (χ2v) is 5.06. The Morgan fingerprint density at radius 3 is 2.79 bits per heavy atom. The first kappa shape index (κ1) is 14.2. The maximum absolute atomic E-state index is 5.41. The highest BCUT2D eigenvalue weighted by Gasteiger charge is 2.14. The number of hydrogen-bond donors (Lipinski definition) is 1. The van der Waals surface area contributed by atoms with E-state index in [2.05, 4.69) is 41.4 Å². The second-order valence-electron chi connectivity index (χ2n) is 5.06. The molecule has 0 aromatic heterocycles. The fourth-order valence-electron chi connectivity index (χ4n) is 2.33. The highest BCUT2D eigenvalue weighted by Crippen LogP contribution is 2.26. The van der Waals surface area contributed by atoms with Crippen LogP contribution in [-0.2, 0) is 9.47 Å². The summed E-state index contributed by atoms with van der Waals surface area (Å²) >= 11 is 0. The number of rotatable bonds is 6. The predicted octanol–water partition coefficient (Wildman–Crippen LogP) is 2.22. The number of hydrogen-bond acceptors (Lipinski definition) is 4. The fraction of sp³-hybridized carbons (Fsp3) is 0.600. The Morgan fingerprint density at radius 1 is 1.32 bits per heavy atom. The lowest BCUT2D eigenvalue weighted by Crippen LogP contribution is -2.36. The van der Waals surface area contributed by atoms with Crippen LogP contribution in [0.1, 0.15) is 6.92 Å². The Morgan fingerprint density at radius 2 is 2.05 bits per heavy atom. The quantitative estimate of drug-likeness (QED) is 0.854. The molecule has 2 rings (SSSR count). The summed E-state index contributed by atoms with van der Waals surface area (Å²) in [4.78, 5) is 2.38. The van der Waals surface area contributed by atoms with Gasteiger partial charge in [-0.25, -0.2) is 0 Å². The highest BCUT2D eigenvalue weighted by atomic mass is 16.5. The van der Waals surface area contributed by atoms with Crippen molar-refractivity contribution in [1.29, 1.82) is 0 Å². The van der Waals surface area contributed by atoms with Crippen LogP contribution in [0.5, 0.6) is 0 Å². The molecule has 1 aliphatic rings. The van der Waals surface area contributed by atoms with Gasteiger partial charge < -0.3 is 19.7 Å². The molecule has 0 bridgehead atoms. The van der Waals surface area contributed by atoms with E-state index >= 15 is 0 Å². The molecule has 1 aromatic carbocycles. The standard InChI is InChI=1S/C15H24N2O2/c1-13(12-18-2)11-16-14-5-3-4-6-15(14)17-7-9-19-10-8-17/h3-6,13,16H,7-12H2,1-2H3. The molecule has 106 valence electrons. The van der Waals surface area contributed by atoms with Crippen LogP contribution in [0.15, 0.2) is 24.3 Å². The van der Waals surface area contributed by atoms with Crippen molar-refractivity contribution in [1.82, 2.24) is 0 Å². The molecule has 1 heterocycles. The van der Waals surface area contributed by atoms with E-state index in [9.17, 15) is 0 Å². The zero-order valence-electron chi connectivity index (χ0n) is 11.9. The SMILES string of the molecule is COCC(C)CNc1ccccc1N1CCOCC1. The van der Waals surface area contributed by atoms with Crippen molar-refractivity contribution in [2.75, 3.05) is 56.8 Å². The zero-order valence-corrected chi connectivity index (χ0v) is 11.9. The van der Waals surface area contributed by atoms with Crippen LogP contribution in [-0.4, -0.2) is 46.6 Å². The number of methoxy groups -OCH3 is 1. The summed E-state index contributed by atoms with van der Waals surface area (Å²) < 4.78 is 10.6. The minimum atomic E-state index is 0.503. The van der Waals surface area contributed by atoms with Gasteiger partial charge in [-0.2, -0.15) is 0 Å². The van der Waals surface area contributed by atoms with Gasteiger partial charge in [-0.3, -0.25) is 0 Å². The van der Waals surface area contributed by atoms with Crippen molar-refractivity contribution in [3.63, 3.8) is 0 Å². The van der Waals surface area contributed by atoms with Gasteiger partial charge in [0.1, 0.15) is 0 Å². The number of para-hydroxylation sites is 2. The Kier molecular flexibility index (Phi) is 5.48. The fourth-order valence-corrected chi connectivity index (χ4v) is 2.33. The van der Waals surface area contributed by atoms with E-state index in [-0.39, 0.29) is 0 Å². The Labute approximate surface area is 115 Å². The maximum atomic E-state index is 5.41. The molecule has 0 saturated carbocycles. The van der Waals surface area contributed by atoms with Gasteiger partial charge >= 0.3 is 0 Å². The van der Waals surface area contributed by atoms with Crippen LogP contribution >= 0.6 is 0 Å². The Balaban J connectivity index is 1.99. The molecular formula is C15H24N2O2. The Bertz CT molecular complexity index is 378. The third kappa shape index (κ3) is 4.11. The average molecular weight is 264 g/mol. The first-order valence-electron chi connectivity index (χ1n) is 6.96. The van der Waals surface area contributed by atoms with Crippen molar-refractivity contribution in [3.05, 3.63) is 24.3 Å². The summed E-state index contributed by atoms with van der Waals surface area (Å²) in [6.07, 6.45) is 0. The molecular weight excluding hydrogens is 240 g/mol. The summed E-state index contributed by atoms with van der Waals surface area (Å²) in [5, 5.41) is 3.53. The lowest BCUT2D eigenvalue weighted by molar-refractivity contribution is 0.123. The lowest BCUT2D eigenvalue weighted by Gasteiger charge is -2.31. The molecule has 1 saturated heterocycles. The van der Waals surface area contributed by atoms with Gasteiger partial charge in [0.2, 0.25) is 0 Å². The van der Waals surface area contributed by atoms with Gasteiger partial charge in [-0.1, -0.05) is 19.1 Å². The molecule has 1 aliphatic heterocycles. The summed E-state index contributed by atoms with van der Waals surface area (Å²) in [5.41, 5.74) is 2.47. The number of ether oxygens (including phenoxy) is 2. The van der Waals surface area contributed by atoms with Gasteiger partial charge in [0.15, 0.2) is 0 Å². The van der Waals surface area contributed by atoms with Crippen LogP contribution in [0.2, 0.25) is 0 Å². The third-order valence-corrected chi connectivity index (χ3v) is 3.35. The van der Waals surface area contributed by atoms with Crippen LogP contribution in [0, 0.1) is 5.92 Å². The van der Waals surface area contributed by atoms with E-state index < -0.39 is 0 Å². The van der Waals surface area contributed by atoms with E-state index in [1.54, 1.807) is 7.11 Å². The third-order valence-electron chi connectivity index (χ3n) is 3.35. The summed E-state index contributed by atoms with van der Waals surface area (Å²) in [5.74, 6) is 0.503. The van der Waals surface area contributed by atoms with E-state index in [0.29, 0.717) is 5.92 Å². The number of anilines is 2. The van der Waals surface area contributed by atoms with Crippen molar-refractivity contribution in [2.24, 2.45) is 5.92 Å². The summed E-state index contributed by atoms with van der Waals surface area (Å²) in [7, 11) is 1.75. The summed E-state index contributed by atoms with van der Waals surface area (Å²) in [6.45, 7) is 7.46. The van der Waals surface area contributed by atoms with E-state index in [1.807, 2.05) is 0 Å². The first-order chi connectivity index (χ1) is 9.31. The molecule has 1 fully saturated rings. The molecule has 0 spiro atoms.